The van der Waals surface area contributed by atoms with Crippen LogP contribution in [0.2, 0.25) is 0 Å². The van der Waals surface area contributed by atoms with E-state index < -0.39 is 0 Å². The first-order valence-corrected chi connectivity index (χ1v) is 5.47. The summed E-state index contributed by atoms with van der Waals surface area (Å²) in [7, 11) is 0. The predicted molar refractivity (Wildman–Crippen MR) is 67.9 cm³/mol. The summed E-state index contributed by atoms with van der Waals surface area (Å²) in [5.74, 6) is 0.0364. The van der Waals surface area contributed by atoms with E-state index in [0.29, 0.717) is 5.70 Å². The van der Waals surface area contributed by atoms with Crippen molar-refractivity contribution in [3.8, 4) is 0 Å². The number of ketones is 1. The van der Waals surface area contributed by atoms with E-state index in [4.69, 9.17) is 5.73 Å². The lowest BCUT2D eigenvalue weighted by molar-refractivity contribution is -0.109. The zero-order valence-electron chi connectivity index (χ0n) is 9.18. The van der Waals surface area contributed by atoms with E-state index in [1.54, 1.807) is 6.08 Å². The van der Waals surface area contributed by atoms with Crippen LogP contribution in [0.4, 0.5) is 0 Å². The highest BCUT2D eigenvalue weighted by Crippen LogP contribution is 2.34. The van der Waals surface area contributed by atoms with Gasteiger partial charge in [0.1, 0.15) is 0 Å². The summed E-state index contributed by atoms with van der Waals surface area (Å²) < 4.78 is 0. The van der Waals surface area contributed by atoms with Gasteiger partial charge in [-0.2, -0.15) is 0 Å². The minimum absolute atomic E-state index is 0.0364. The first kappa shape index (κ1) is 9.85. The van der Waals surface area contributed by atoms with Gasteiger partial charge in [0.15, 0.2) is 5.78 Å². The van der Waals surface area contributed by atoms with Crippen molar-refractivity contribution >= 4 is 11.4 Å². The van der Waals surface area contributed by atoms with Gasteiger partial charge in [0.25, 0.3) is 0 Å². The molecule has 1 aromatic carbocycles. The molecule has 0 fully saturated rings. The molecule has 2 heteroatoms. The topological polar surface area (TPSA) is 43.1 Å². The maximum absolute atomic E-state index is 12.0. The van der Waals surface area contributed by atoms with E-state index >= 15 is 0 Å². The molecule has 1 aromatic rings. The third-order valence-electron chi connectivity index (χ3n) is 2.94. The van der Waals surface area contributed by atoms with Crippen molar-refractivity contribution in [3.63, 3.8) is 0 Å². The summed E-state index contributed by atoms with van der Waals surface area (Å²) >= 11 is 0. The molecular weight excluding hydrogens is 210 g/mol. The summed E-state index contributed by atoms with van der Waals surface area (Å²) in [6.07, 6.45) is 7.17. The van der Waals surface area contributed by atoms with Crippen molar-refractivity contribution in [1.82, 2.24) is 0 Å². The zero-order chi connectivity index (χ0) is 11.8. The normalized spacial score (nSPS) is 18.0. The number of hydrogen-bond acceptors (Lipinski definition) is 2. The molecule has 17 heavy (non-hydrogen) atoms. The summed E-state index contributed by atoms with van der Waals surface area (Å²) in [5.41, 5.74) is 10.1. The van der Waals surface area contributed by atoms with Crippen LogP contribution in [-0.2, 0) is 4.79 Å². The number of fused-ring (bicyclic) bond motifs is 1. The Hall–Kier alpha value is -2.35. The SMILES string of the molecule is NC1=CC2=C(c3ccccc3)C(=O)C=CC2=C1. The van der Waals surface area contributed by atoms with Gasteiger partial charge in [0.05, 0.1) is 0 Å². The van der Waals surface area contributed by atoms with Gasteiger partial charge in [-0.1, -0.05) is 36.4 Å². The fourth-order valence-corrected chi connectivity index (χ4v) is 2.19. The minimum Gasteiger partial charge on any atom is -0.399 e. The third kappa shape index (κ3) is 1.54. The first-order chi connectivity index (χ1) is 8.25. The van der Waals surface area contributed by atoms with Crippen LogP contribution in [0.3, 0.4) is 0 Å². The van der Waals surface area contributed by atoms with Crippen LogP contribution < -0.4 is 5.73 Å². The monoisotopic (exact) mass is 221 g/mol. The number of nitrogens with two attached hydrogens (primary N) is 1. The average Bonchev–Trinajstić information content (AvgIpc) is 2.70. The Kier molecular flexibility index (Phi) is 2.08. The van der Waals surface area contributed by atoms with Gasteiger partial charge in [0, 0.05) is 11.3 Å². The Morgan fingerprint density at radius 2 is 1.71 bits per heavy atom. The molecule has 2 N–H and O–H groups in total. The highest BCUT2D eigenvalue weighted by molar-refractivity contribution is 6.29. The number of benzene rings is 1. The number of carbonyl (C=O) groups excluding carboxylic acids is 1. The maximum atomic E-state index is 12.0. The van der Waals surface area contributed by atoms with Crippen molar-refractivity contribution < 1.29 is 4.79 Å². The number of carbonyl (C=O) groups is 1. The highest BCUT2D eigenvalue weighted by atomic mass is 16.1. The van der Waals surface area contributed by atoms with Crippen LogP contribution in [0.5, 0.6) is 0 Å². The third-order valence-corrected chi connectivity index (χ3v) is 2.94. The van der Waals surface area contributed by atoms with Gasteiger partial charge in [-0.25, -0.2) is 0 Å². The van der Waals surface area contributed by atoms with Crippen molar-refractivity contribution in [2.75, 3.05) is 0 Å². The first-order valence-electron chi connectivity index (χ1n) is 5.47. The van der Waals surface area contributed by atoms with Crippen LogP contribution >= 0.6 is 0 Å². The molecule has 0 aromatic heterocycles. The van der Waals surface area contributed by atoms with Crippen LogP contribution in [0.25, 0.3) is 5.57 Å². The average molecular weight is 221 g/mol. The van der Waals surface area contributed by atoms with E-state index in [1.807, 2.05) is 48.6 Å². The van der Waals surface area contributed by atoms with E-state index in [2.05, 4.69) is 0 Å². The lowest BCUT2D eigenvalue weighted by Gasteiger charge is -2.13. The Balaban J connectivity index is 2.24. The Morgan fingerprint density at radius 1 is 0.941 bits per heavy atom. The van der Waals surface area contributed by atoms with Crippen molar-refractivity contribution in [2.45, 2.75) is 0 Å². The van der Waals surface area contributed by atoms with Crippen LogP contribution in [0.1, 0.15) is 5.56 Å². The molecule has 0 atom stereocenters. The Labute approximate surface area is 99.4 Å². The highest BCUT2D eigenvalue weighted by Gasteiger charge is 2.22. The smallest absolute Gasteiger partial charge is 0.187 e. The molecule has 0 saturated carbocycles. The summed E-state index contributed by atoms with van der Waals surface area (Å²) in [6.45, 7) is 0. The zero-order valence-corrected chi connectivity index (χ0v) is 9.18. The maximum Gasteiger partial charge on any atom is 0.187 e. The van der Waals surface area contributed by atoms with Gasteiger partial charge >= 0.3 is 0 Å². The molecule has 0 radical (unpaired) electrons. The molecule has 0 amide bonds. The van der Waals surface area contributed by atoms with E-state index in [9.17, 15) is 4.79 Å². The van der Waals surface area contributed by atoms with E-state index in [0.717, 1.165) is 22.3 Å². The summed E-state index contributed by atoms with van der Waals surface area (Å²) in [6, 6.07) is 9.69. The molecule has 0 heterocycles. The molecule has 0 bridgehead atoms. The van der Waals surface area contributed by atoms with Gasteiger partial charge in [0.2, 0.25) is 0 Å². The predicted octanol–water partition coefficient (Wildman–Crippen LogP) is 2.36. The Morgan fingerprint density at radius 3 is 2.47 bits per heavy atom. The van der Waals surface area contributed by atoms with Crippen molar-refractivity contribution in [2.24, 2.45) is 5.73 Å². The molecular formula is C15H11NO. The van der Waals surface area contributed by atoms with Gasteiger partial charge in [-0.15, -0.1) is 0 Å². The fraction of sp³-hybridized carbons (Fsp3) is 0. The van der Waals surface area contributed by atoms with Gasteiger partial charge in [-0.3, -0.25) is 4.79 Å². The molecule has 0 aliphatic heterocycles. The molecule has 2 aliphatic rings. The van der Waals surface area contributed by atoms with Gasteiger partial charge < -0.3 is 5.73 Å². The van der Waals surface area contributed by atoms with Crippen LogP contribution in [0.15, 0.2) is 71.5 Å². The van der Waals surface area contributed by atoms with Crippen molar-refractivity contribution in [3.05, 3.63) is 77.0 Å². The second kappa shape index (κ2) is 3.59. The minimum atomic E-state index is 0.0364. The molecule has 3 rings (SSSR count). The largest absolute Gasteiger partial charge is 0.399 e. The summed E-state index contributed by atoms with van der Waals surface area (Å²) in [4.78, 5) is 12.0. The second-order valence-electron chi connectivity index (χ2n) is 4.10. The molecule has 2 nitrogen and oxygen atoms in total. The quantitative estimate of drug-likeness (QED) is 0.791. The molecule has 0 unspecified atom stereocenters. The number of allylic oxidation sites excluding steroid dienone is 7. The molecule has 2 aliphatic carbocycles. The summed E-state index contributed by atoms with van der Waals surface area (Å²) in [5, 5.41) is 0. The molecule has 82 valence electrons. The van der Waals surface area contributed by atoms with Crippen LogP contribution in [0, 0.1) is 0 Å². The molecule has 0 spiro atoms. The lowest BCUT2D eigenvalue weighted by atomic mass is 9.89. The fourth-order valence-electron chi connectivity index (χ4n) is 2.19. The standard InChI is InChI=1S/C15H11NO/c16-12-8-11-6-7-14(17)15(13(11)9-12)10-4-2-1-3-5-10/h1-9H,16H2. The lowest BCUT2D eigenvalue weighted by Crippen LogP contribution is -2.05. The number of rotatable bonds is 1. The second-order valence-corrected chi connectivity index (χ2v) is 4.10. The van der Waals surface area contributed by atoms with Gasteiger partial charge in [-0.05, 0) is 34.9 Å². The number of hydrogen-bond donors (Lipinski definition) is 1. The van der Waals surface area contributed by atoms with E-state index in [1.165, 1.54) is 0 Å². The Bertz CT molecular complexity index is 616. The van der Waals surface area contributed by atoms with Crippen LogP contribution in [-0.4, -0.2) is 5.78 Å². The molecule has 0 saturated heterocycles. The van der Waals surface area contributed by atoms with Crippen molar-refractivity contribution in [1.29, 1.82) is 0 Å². The van der Waals surface area contributed by atoms with E-state index in [-0.39, 0.29) is 5.78 Å².